The first-order chi connectivity index (χ1) is 12.6. The van der Waals surface area contributed by atoms with Crippen LogP contribution in [-0.4, -0.2) is 46.2 Å². The van der Waals surface area contributed by atoms with Crippen LogP contribution >= 0.6 is 0 Å². The van der Waals surface area contributed by atoms with Gasteiger partial charge in [-0.1, -0.05) is 6.07 Å². The highest BCUT2D eigenvalue weighted by atomic mass is 16.5. The van der Waals surface area contributed by atoms with Crippen LogP contribution in [0.15, 0.2) is 35.4 Å². The maximum absolute atomic E-state index is 12.3. The number of amides is 1. The fourth-order valence-electron chi connectivity index (χ4n) is 2.80. The molecule has 0 bridgehead atoms. The van der Waals surface area contributed by atoms with Crippen molar-refractivity contribution in [2.45, 2.75) is 38.5 Å². The lowest BCUT2D eigenvalue weighted by Gasteiger charge is -2.32. The number of pyridine rings is 1. The van der Waals surface area contributed by atoms with Crippen molar-refractivity contribution in [2.24, 2.45) is 0 Å². The van der Waals surface area contributed by atoms with E-state index in [9.17, 15) is 9.59 Å². The molecule has 0 aromatic carbocycles. The second-order valence-electron chi connectivity index (χ2n) is 6.21. The molecule has 1 saturated heterocycles. The molecule has 1 aliphatic heterocycles. The van der Waals surface area contributed by atoms with E-state index in [4.69, 9.17) is 9.47 Å². The molecule has 2 atom stereocenters. The smallest absolute Gasteiger partial charge is 0.254 e. The van der Waals surface area contributed by atoms with E-state index in [1.54, 1.807) is 13.1 Å². The van der Waals surface area contributed by atoms with Crippen LogP contribution < -0.4 is 10.9 Å². The summed E-state index contributed by atoms with van der Waals surface area (Å²) >= 11 is 0. The average molecular weight is 358 g/mol. The first kappa shape index (κ1) is 18.2. The number of aryl methyl sites for hydroxylation is 1. The monoisotopic (exact) mass is 358 g/mol. The molecule has 0 unspecified atom stereocenters. The number of ether oxygens (including phenoxy) is 2. The van der Waals surface area contributed by atoms with Crippen molar-refractivity contribution in [2.75, 3.05) is 13.2 Å². The SMILES string of the molecule is Cc1ncc(CC(=O)N[C@@H]2COCC[C@H]2OCc2ccccn2)c(=O)[nH]1. The Balaban J connectivity index is 1.57. The molecule has 3 rings (SSSR count). The minimum absolute atomic E-state index is 0.0356. The zero-order valence-electron chi connectivity index (χ0n) is 14.6. The third kappa shape index (κ3) is 4.96. The molecule has 1 fully saturated rings. The second kappa shape index (κ2) is 8.68. The molecule has 8 nitrogen and oxygen atoms in total. The van der Waals surface area contributed by atoms with E-state index in [1.807, 2.05) is 18.2 Å². The summed E-state index contributed by atoms with van der Waals surface area (Å²) in [5, 5.41) is 2.91. The average Bonchev–Trinajstić information content (AvgIpc) is 2.64. The van der Waals surface area contributed by atoms with Gasteiger partial charge in [0.25, 0.3) is 5.56 Å². The van der Waals surface area contributed by atoms with E-state index in [-0.39, 0.29) is 30.0 Å². The van der Waals surface area contributed by atoms with Crippen molar-refractivity contribution in [1.29, 1.82) is 0 Å². The van der Waals surface area contributed by atoms with Crippen LogP contribution in [0, 0.1) is 6.92 Å². The largest absolute Gasteiger partial charge is 0.379 e. The summed E-state index contributed by atoms with van der Waals surface area (Å²) in [5.74, 6) is 0.255. The molecule has 1 amide bonds. The summed E-state index contributed by atoms with van der Waals surface area (Å²) in [5.41, 5.74) is 0.868. The number of nitrogens with zero attached hydrogens (tertiary/aromatic N) is 2. The van der Waals surface area contributed by atoms with Crippen molar-refractivity contribution in [3.63, 3.8) is 0 Å². The van der Waals surface area contributed by atoms with E-state index in [1.165, 1.54) is 6.20 Å². The predicted octanol–water partition coefficient (Wildman–Crippen LogP) is 0.506. The summed E-state index contributed by atoms with van der Waals surface area (Å²) in [6, 6.07) is 5.38. The van der Waals surface area contributed by atoms with Crippen molar-refractivity contribution in [1.82, 2.24) is 20.3 Å². The quantitative estimate of drug-likeness (QED) is 0.779. The van der Waals surface area contributed by atoms with Crippen LogP contribution in [0.25, 0.3) is 0 Å². The molecule has 3 heterocycles. The Morgan fingerprint density at radius 1 is 1.42 bits per heavy atom. The molecular formula is C18H22N4O4. The molecule has 2 aromatic rings. The van der Waals surface area contributed by atoms with Crippen LogP contribution in [0.3, 0.4) is 0 Å². The Morgan fingerprint density at radius 3 is 3.08 bits per heavy atom. The molecule has 1 aliphatic rings. The topological polar surface area (TPSA) is 106 Å². The molecule has 8 heteroatoms. The Labute approximate surface area is 151 Å². The van der Waals surface area contributed by atoms with Gasteiger partial charge in [0.05, 0.1) is 37.5 Å². The second-order valence-corrected chi connectivity index (χ2v) is 6.21. The predicted molar refractivity (Wildman–Crippen MR) is 93.5 cm³/mol. The van der Waals surface area contributed by atoms with Crippen molar-refractivity contribution in [3.8, 4) is 0 Å². The van der Waals surface area contributed by atoms with Gasteiger partial charge >= 0.3 is 0 Å². The third-order valence-corrected chi connectivity index (χ3v) is 4.16. The molecule has 0 saturated carbocycles. The molecular weight excluding hydrogens is 336 g/mol. The lowest BCUT2D eigenvalue weighted by molar-refractivity contribution is -0.126. The van der Waals surface area contributed by atoms with Gasteiger partial charge in [0.1, 0.15) is 5.82 Å². The molecule has 138 valence electrons. The Kier molecular flexibility index (Phi) is 6.08. The van der Waals surface area contributed by atoms with Gasteiger partial charge in [-0.05, 0) is 25.5 Å². The van der Waals surface area contributed by atoms with Crippen molar-refractivity contribution < 1.29 is 14.3 Å². The van der Waals surface area contributed by atoms with E-state index in [0.29, 0.717) is 37.6 Å². The van der Waals surface area contributed by atoms with Gasteiger partial charge in [-0.15, -0.1) is 0 Å². The Hall–Kier alpha value is -2.58. The number of nitrogens with one attached hydrogen (secondary N) is 2. The van der Waals surface area contributed by atoms with Crippen molar-refractivity contribution >= 4 is 5.91 Å². The van der Waals surface area contributed by atoms with Gasteiger partial charge in [0.15, 0.2) is 0 Å². The number of aromatic amines is 1. The number of rotatable bonds is 6. The van der Waals surface area contributed by atoms with E-state index >= 15 is 0 Å². The minimum atomic E-state index is -0.296. The highest BCUT2D eigenvalue weighted by Gasteiger charge is 2.28. The fourth-order valence-corrected chi connectivity index (χ4v) is 2.80. The Morgan fingerprint density at radius 2 is 2.31 bits per heavy atom. The lowest BCUT2D eigenvalue weighted by Crippen LogP contribution is -2.51. The van der Waals surface area contributed by atoms with Crippen LogP contribution in [0.2, 0.25) is 0 Å². The van der Waals surface area contributed by atoms with Gasteiger partial charge < -0.3 is 19.8 Å². The normalized spacial score (nSPS) is 19.9. The molecule has 2 aromatic heterocycles. The van der Waals surface area contributed by atoms with Crippen LogP contribution in [0.1, 0.15) is 23.5 Å². The molecule has 2 N–H and O–H groups in total. The lowest BCUT2D eigenvalue weighted by atomic mass is 10.1. The van der Waals surface area contributed by atoms with Crippen LogP contribution in [-0.2, 0) is 27.3 Å². The van der Waals surface area contributed by atoms with Crippen LogP contribution in [0.5, 0.6) is 0 Å². The van der Waals surface area contributed by atoms with Gasteiger partial charge in [-0.3, -0.25) is 14.6 Å². The van der Waals surface area contributed by atoms with Gasteiger partial charge in [-0.2, -0.15) is 0 Å². The van der Waals surface area contributed by atoms with Gasteiger partial charge in [0, 0.05) is 24.6 Å². The zero-order valence-corrected chi connectivity index (χ0v) is 14.6. The molecule has 26 heavy (non-hydrogen) atoms. The fraction of sp³-hybridized carbons (Fsp3) is 0.444. The first-order valence-electron chi connectivity index (χ1n) is 8.55. The number of hydrogen-bond donors (Lipinski definition) is 2. The number of carbonyl (C=O) groups excluding carboxylic acids is 1. The summed E-state index contributed by atoms with van der Waals surface area (Å²) in [4.78, 5) is 35.0. The standard InChI is InChI=1S/C18H22N4O4/c1-12-20-9-13(18(24)21-12)8-17(23)22-15-11-25-7-5-16(15)26-10-14-4-2-3-6-19-14/h2-4,6,9,15-16H,5,7-8,10-11H2,1H3,(H,22,23)(H,20,21,24)/t15-,16-/m1/s1. The summed E-state index contributed by atoms with van der Waals surface area (Å²) in [6.45, 7) is 3.02. The molecule has 0 spiro atoms. The number of H-pyrrole nitrogens is 1. The number of aromatic nitrogens is 3. The van der Waals surface area contributed by atoms with E-state index in [0.717, 1.165) is 5.69 Å². The summed E-state index contributed by atoms with van der Waals surface area (Å²) < 4.78 is 11.4. The maximum Gasteiger partial charge on any atom is 0.254 e. The van der Waals surface area contributed by atoms with Crippen LogP contribution in [0.4, 0.5) is 0 Å². The van der Waals surface area contributed by atoms with Gasteiger partial charge in [0.2, 0.25) is 5.91 Å². The van der Waals surface area contributed by atoms with Gasteiger partial charge in [-0.25, -0.2) is 4.98 Å². The number of carbonyl (C=O) groups is 1. The van der Waals surface area contributed by atoms with E-state index in [2.05, 4.69) is 20.3 Å². The van der Waals surface area contributed by atoms with E-state index < -0.39 is 0 Å². The molecule has 0 aliphatic carbocycles. The van der Waals surface area contributed by atoms with Crippen molar-refractivity contribution in [3.05, 3.63) is 58.0 Å². The summed E-state index contributed by atoms with van der Waals surface area (Å²) in [7, 11) is 0. The minimum Gasteiger partial charge on any atom is -0.379 e. The Bertz CT molecular complexity index is 793. The third-order valence-electron chi connectivity index (χ3n) is 4.16. The number of hydrogen-bond acceptors (Lipinski definition) is 6. The maximum atomic E-state index is 12.3. The summed E-state index contributed by atoms with van der Waals surface area (Å²) in [6.07, 6.45) is 3.63. The highest BCUT2D eigenvalue weighted by Crippen LogP contribution is 2.14. The highest BCUT2D eigenvalue weighted by molar-refractivity contribution is 5.78. The zero-order chi connectivity index (χ0) is 18.4. The molecule has 0 radical (unpaired) electrons. The first-order valence-corrected chi connectivity index (χ1v) is 8.55.